The van der Waals surface area contributed by atoms with Gasteiger partial charge in [0.25, 0.3) is 0 Å². The van der Waals surface area contributed by atoms with Crippen LogP contribution in [-0.2, 0) is 0 Å². The van der Waals surface area contributed by atoms with Crippen molar-refractivity contribution in [3.63, 3.8) is 0 Å². The standard InChI is InChI=1S/C12H14BrN3S/c13-11-2-1-6-15-12(11)17-7-5-10(8-14)16-9-3-4-9/h1-2,6,9-10,16H,3-5,7H2. The highest BCUT2D eigenvalue weighted by Crippen LogP contribution is 2.26. The Morgan fingerprint density at radius 3 is 3.12 bits per heavy atom. The summed E-state index contributed by atoms with van der Waals surface area (Å²) in [5, 5.41) is 13.3. The minimum Gasteiger partial charge on any atom is -0.299 e. The van der Waals surface area contributed by atoms with Gasteiger partial charge in [0.05, 0.1) is 12.1 Å². The van der Waals surface area contributed by atoms with Gasteiger partial charge in [-0.25, -0.2) is 4.98 Å². The number of rotatable bonds is 6. The first-order chi connectivity index (χ1) is 8.29. The molecule has 1 heterocycles. The molecule has 1 aliphatic carbocycles. The van der Waals surface area contributed by atoms with E-state index < -0.39 is 0 Å². The maximum Gasteiger partial charge on any atom is 0.110 e. The van der Waals surface area contributed by atoms with Gasteiger partial charge in [-0.3, -0.25) is 5.32 Å². The third-order valence-electron chi connectivity index (χ3n) is 2.54. The predicted molar refractivity (Wildman–Crippen MR) is 72.8 cm³/mol. The Labute approximate surface area is 114 Å². The normalized spacial score (nSPS) is 16.5. The van der Waals surface area contributed by atoms with E-state index in [4.69, 9.17) is 5.26 Å². The van der Waals surface area contributed by atoms with E-state index in [2.05, 4.69) is 32.3 Å². The van der Waals surface area contributed by atoms with Crippen molar-refractivity contribution in [1.29, 1.82) is 5.26 Å². The Hall–Kier alpha value is -0.570. The molecule has 0 radical (unpaired) electrons. The molecular weight excluding hydrogens is 298 g/mol. The van der Waals surface area contributed by atoms with Crippen LogP contribution in [0.3, 0.4) is 0 Å². The van der Waals surface area contributed by atoms with E-state index in [9.17, 15) is 0 Å². The smallest absolute Gasteiger partial charge is 0.110 e. The lowest BCUT2D eigenvalue weighted by Crippen LogP contribution is -2.29. The van der Waals surface area contributed by atoms with Gasteiger partial charge in [-0.05, 0) is 47.3 Å². The SMILES string of the molecule is N#CC(CCSc1ncccc1Br)NC1CC1. The van der Waals surface area contributed by atoms with Crippen molar-refractivity contribution in [2.75, 3.05) is 5.75 Å². The van der Waals surface area contributed by atoms with Gasteiger partial charge in [-0.2, -0.15) is 5.26 Å². The third-order valence-corrected chi connectivity index (χ3v) is 4.48. The number of thioether (sulfide) groups is 1. The molecule has 90 valence electrons. The molecular formula is C12H14BrN3S. The van der Waals surface area contributed by atoms with Crippen LogP contribution in [-0.4, -0.2) is 22.8 Å². The first kappa shape index (κ1) is 12.9. The largest absolute Gasteiger partial charge is 0.299 e. The van der Waals surface area contributed by atoms with Crippen molar-refractivity contribution in [3.05, 3.63) is 22.8 Å². The van der Waals surface area contributed by atoms with Crippen LogP contribution in [0, 0.1) is 11.3 Å². The summed E-state index contributed by atoms with van der Waals surface area (Å²) in [7, 11) is 0. The topological polar surface area (TPSA) is 48.7 Å². The van der Waals surface area contributed by atoms with Gasteiger partial charge in [-0.15, -0.1) is 11.8 Å². The number of halogens is 1. The first-order valence-corrected chi connectivity index (χ1v) is 7.46. The van der Waals surface area contributed by atoms with Crippen molar-refractivity contribution in [2.24, 2.45) is 0 Å². The fraction of sp³-hybridized carbons (Fsp3) is 0.500. The zero-order valence-corrected chi connectivity index (χ0v) is 11.8. The molecule has 0 saturated heterocycles. The van der Waals surface area contributed by atoms with E-state index in [1.807, 2.05) is 12.1 Å². The second kappa shape index (κ2) is 6.39. The number of hydrogen-bond donors (Lipinski definition) is 1. The van der Waals surface area contributed by atoms with Crippen molar-refractivity contribution < 1.29 is 0 Å². The second-order valence-corrected chi connectivity index (χ2v) is 5.99. The van der Waals surface area contributed by atoms with E-state index >= 15 is 0 Å². The molecule has 1 unspecified atom stereocenters. The summed E-state index contributed by atoms with van der Waals surface area (Å²) < 4.78 is 1.02. The summed E-state index contributed by atoms with van der Waals surface area (Å²) >= 11 is 5.16. The Bertz CT molecular complexity index is 414. The Kier molecular flexibility index (Phi) is 4.84. The third kappa shape index (κ3) is 4.30. The van der Waals surface area contributed by atoms with Crippen molar-refractivity contribution in [1.82, 2.24) is 10.3 Å². The summed E-state index contributed by atoms with van der Waals surface area (Å²) in [6, 6.07) is 6.78. The molecule has 0 bridgehead atoms. The minimum absolute atomic E-state index is 0.0162. The zero-order valence-electron chi connectivity index (χ0n) is 9.40. The van der Waals surface area contributed by atoms with Crippen LogP contribution in [0.4, 0.5) is 0 Å². The highest BCUT2D eigenvalue weighted by Gasteiger charge is 2.24. The molecule has 0 aliphatic heterocycles. The second-order valence-electron chi connectivity index (χ2n) is 4.05. The summed E-state index contributed by atoms with van der Waals surface area (Å²) in [5.41, 5.74) is 0. The van der Waals surface area contributed by atoms with E-state index in [0.29, 0.717) is 6.04 Å². The maximum absolute atomic E-state index is 9.01. The lowest BCUT2D eigenvalue weighted by atomic mass is 10.2. The summed E-state index contributed by atoms with van der Waals surface area (Å²) in [4.78, 5) is 4.29. The summed E-state index contributed by atoms with van der Waals surface area (Å²) in [6.45, 7) is 0. The van der Waals surface area contributed by atoms with Crippen LogP contribution < -0.4 is 5.32 Å². The van der Waals surface area contributed by atoms with Crippen LogP contribution in [0.5, 0.6) is 0 Å². The number of nitrogens with one attached hydrogen (secondary N) is 1. The number of nitrogens with zero attached hydrogens (tertiary/aromatic N) is 2. The highest BCUT2D eigenvalue weighted by atomic mass is 79.9. The molecule has 3 nitrogen and oxygen atoms in total. The molecule has 1 fully saturated rings. The molecule has 1 atom stereocenters. The molecule has 0 amide bonds. The van der Waals surface area contributed by atoms with Gasteiger partial charge >= 0.3 is 0 Å². The van der Waals surface area contributed by atoms with Gasteiger partial charge in [-0.1, -0.05) is 0 Å². The average Bonchev–Trinajstić information content (AvgIpc) is 3.14. The minimum atomic E-state index is -0.0162. The molecule has 1 aliphatic rings. The quantitative estimate of drug-likeness (QED) is 0.821. The Morgan fingerprint density at radius 2 is 2.47 bits per heavy atom. The monoisotopic (exact) mass is 311 g/mol. The van der Waals surface area contributed by atoms with E-state index in [1.54, 1.807) is 18.0 Å². The van der Waals surface area contributed by atoms with Gasteiger partial charge in [0.15, 0.2) is 0 Å². The van der Waals surface area contributed by atoms with E-state index in [1.165, 1.54) is 12.8 Å². The Morgan fingerprint density at radius 1 is 1.65 bits per heavy atom. The van der Waals surface area contributed by atoms with Crippen LogP contribution in [0.15, 0.2) is 27.8 Å². The molecule has 1 N–H and O–H groups in total. The van der Waals surface area contributed by atoms with Gasteiger partial charge in [0, 0.05) is 22.5 Å². The predicted octanol–water partition coefficient (Wildman–Crippen LogP) is 2.97. The Balaban J connectivity index is 1.74. The molecule has 5 heteroatoms. The average molecular weight is 312 g/mol. The number of hydrogen-bond acceptors (Lipinski definition) is 4. The number of pyridine rings is 1. The molecule has 0 spiro atoms. The van der Waals surface area contributed by atoms with Crippen LogP contribution in [0.1, 0.15) is 19.3 Å². The lowest BCUT2D eigenvalue weighted by Gasteiger charge is -2.10. The lowest BCUT2D eigenvalue weighted by molar-refractivity contribution is 0.587. The van der Waals surface area contributed by atoms with Crippen molar-refractivity contribution in [3.8, 4) is 6.07 Å². The zero-order chi connectivity index (χ0) is 12.1. The molecule has 17 heavy (non-hydrogen) atoms. The summed E-state index contributed by atoms with van der Waals surface area (Å²) in [6.07, 6.45) is 5.09. The van der Waals surface area contributed by atoms with Crippen molar-refractivity contribution in [2.45, 2.75) is 36.4 Å². The number of nitriles is 1. The molecule has 0 aromatic carbocycles. The van der Waals surface area contributed by atoms with Crippen molar-refractivity contribution >= 4 is 27.7 Å². The van der Waals surface area contributed by atoms with Crippen LogP contribution >= 0.6 is 27.7 Å². The highest BCUT2D eigenvalue weighted by molar-refractivity contribution is 9.10. The fourth-order valence-corrected chi connectivity index (χ4v) is 2.96. The van der Waals surface area contributed by atoms with Gasteiger partial charge in [0.1, 0.15) is 5.03 Å². The number of aromatic nitrogens is 1. The fourth-order valence-electron chi connectivity index (χ4n) is 1.47. The van der Waals surface area contributed by atoms with Gasteiger partial charge in [0.2, 0.25) is 0 Å². The van der Waals surface area contributed by atoms with E-state index in [-0.39, 0.29) is 6.04 Å². The molecule has 2 rings (SSSR count). The maximum atomic E-state index is 9.01. The van der Waals surface area contributed by atoms with Crippen LogP contribution in [0.2, 0.25) is 0 Å². The van der Waals surface area contributed by atoms with E-state index in [0.717, 1.165) is 21.7 Å². The molecule has 1 aromatic heterocycles. The van der Waals surface area contributed by atoms with Gasteiger partial charge < -0.3 is 0 Å². The summed E-state index contributed by atoms with van der Waals surface area (Å²) in [5.74, 6) is 0.910. The molecule has 1 saturated carbocycles. The molecule has 1 aromatic rings. The first-order valence-electron chi connectivity index (χ1n) is 5.68. The van der Waals surface area contributed by atoms with Crippen LogP contribution in [0.25, 0.3) is 0 Å².